The van der Waals surface area contributed by atoms with Gasteiger partial charge in [-0.3, -0.25) is 9.78 Å². The van der Waals surface area contributed by atoms with Crippen LogP contribution in [-0.2, 0) is 11.2 Å². The van der Waals surface area contributed by atoms with E-state index in [0.29, 0.717) is 0 Å². The standard InChI is InChI=1S/C20H17FN2O/c21-18-8-6-15(7-9-18)14-19(24)23-20(16-4-2-1-3-5-16)17-10-12-22-13-11-17/h1-13,20H,14H2,(H,23,24). The van der Waals surface area contributed by atoms with E-state index in [0.717, 1.165) is 16.7 Å². The molecule has 1 heterocycles. The van der Waals surface area contributed by atoms with Gasteiger partial charge in [0.05, 0.1) is 12.5 Å². The Balaban J connectivity index is 1.79. The van der Waals surface area contributed by atoms with Gasteiger partial charge in [0.15, 0.2) is 0 Å². The number of benzene rings is 2. The summed E-state index contributed by atoms with van der Waals surface area (Å²) in [7, 11) is 0. The third-order valence-electron chi connectivity index (χ3n) is 3.76. The Labute approximate surface area is 140 Å². The van der Waals surface area contributed by atoms with E-state index in [4.69, 9.17) is 0 Å². The summed E-state index contributed by atoms with van der Waals surface area (Å²) in [6.45, 7) is 0. The lowest BCUT2D eigenvalue weighted by molar-refractivity contribution is -0.120. The molecule has 0 fully saturated rings. The summed E-state index contributed by atoms with van der Waals surface area (Å²) >= 11 is 0. The fraction of sp³-hybridized carbons (Fsp3) is 0.100. The van der Waals surface area contributed by atoms with Crippen molar-refractivity contribution in [1.29, 1.82) is 0 Å². The monoisotopic (exact) mass is 320 g/mol. The molecule has 0 radical (unpaired) electrons. The number of carbonyl (C=O) groups is 1. The predicted octanol–water partition coefficient (Wildman–Crippen LogP) is 3.67. The smallest absolute Gasteiger partial charge is 0.225 e. The van der Waals surface area contributed by atoms with E-state index in [1.807, 2.05) is 42.5 Å². The fourth-order valence-corrected chi connectivity index (χ4v) is 2.56. The highest BCUT2D eigenvalue weighted by Gasteiger charge is 2.16. The average Bonchev–Trinajstić information content (AvgIpc) is 2.63. The minimum atomic E-state index is -0.307. The lowest BCUT2D eigenvalue weighted by atomic mass is 9.99. The van der Waals surface area contributed by atoms with Crippen molar-refractivity contribution in [3.8, 4) is 0 Å². The summed E-state index contributed by atoms with van der Waals surface area (Å²) in [5.74, 6) is -0.426. The molecular weight excluding hydrogens is 303 g/mol. The van der Waals surface area contributed by atoms with Crippen molar-refractivity contribution in [2.24, 2.45) is 0 Å². The van der Waals surface area contributed by atoms with E-state index in [2.05, 4.69) is 10.3 Å². The predicted molar refractivity (Wildman–Crippen MR) is 90.8 cm³/mol. The van der Waals surface area contributed by atoms with Gasteiger partial charge in [0.2, 0.25) is 5.91 Å². The SMILES string of the molecule is O=C(Cc1ccc(F)cc1)NC(c1ccccc1)c1ccncc1. The first kappa shape index (κ1) is 15.9. The lowest BCUT2D eigenvalue weighted by Gasteiger charge is -2.19. The number of pyridine rings is 1. The van der Waals surface area contributed by atoms with Gasteiger partial charge in [0.25, 0.3) is 0 Å². The highest BCUT2D eigenvalue weighted by atomic mass is 19.1. The van der Waals surface area contributed by atoms with Crippen molar-refractivity contribution < 1.29 is 9.18 Å². The van der Waals surface area contributed by atoms with Crippen LogP contribution in [0.5, 0.6) is 0 Å². The molecule has 120 valence electrons. The van der Waals surface area contributed by atoms with E-state index < -0.39 is 0 Å². The molecule has 0 saturated heterocycles. The minimum Gasteiger partial charge on any atom is -0.345 e. The fourth-order valence-electron chi connectivity index (χ4n) is 2.56. The molecule has 1 unspecified atom stereocenters. The number of aromatic nitrogens is 1. The molecule has 0 aliphatic heterocycles. The Morgan fingerprint density at radius 3 is 2.21 bits per heavy atom. The van der Waals surface area contributed by atoms with E-state index in [9.17, 15) is 9.18 Å². The molecule has 0 aliphatic carbocycles. The summed E-state index contributed by atoms with van der Waals surface area (Å²) in [5, 5.41) is 3.05. The molecule has 0 bridgehead atoms. The summed E-state index contributed by atoms with van der Waals surface area (Å²) in [6, 6.07) is 19.3. The molecular formula is C20H17FN2O. The average molecular weight is 320 g/mol. The number of nitrogens with zero attached hydrogens (tertiary/aromatic N) is 1. The zero-order valence-electron chi connectivity index (χ0n) is 13.0. The second kappa shape index (κ2) is 7.51. The van der Waals surface area contributed by atoms with E-state index in [1.165, 1.54) is 12.1 Å². The quantitative estimate of drug-likeness (QED) is 0.779. The van der Waals surface area contributed by atoms with Crippen LogP contribution in [0.25, 0.3) is 0 Å². The highest BCUT2D eigenvalue weighted by Crippen LogP contribution is 2.21. The molecule has 1 atom stereocenters. The van der Waals surface area contributed by atoms with Gasteiger partial charge in [0.1, 0.15) is 5.82 Å². The summed E-state index contributed by atoms with van der Waals surface area (Å²) in [4.78, 5) is 16.5. The van der Waals surface area contributed by atoms with Gasteiger partial charge in [-0.15, -0.1) is 0 Å². The van der Waals surface area contributed by atoms with E-state index in [1.54, 1.807) is 24.5 Å². The molecule has 3 aromatic rings. The maximum atomic E-state index is 13.0. The largest absolute Gasteiger partial charge is 0.345 e. The molecule has 0 aliphatic rings. The second-order valence-electron chi connectivity index (χ2n) is 5.50. The maximum absolute atomic E-state index is 13.0. The molecule has 2 aromatic carbocycles. The van der Waals surface area contributed by atoms with Crippen LogP contribution in [0.4, 0.5) is 4.39 Å². The van der Waals surface area contributed by atoms with Gasteiger partial charge in [0, 0.05) is 12.4 Å². The van der Waals surface area contributed by atoms with Crippen molar-refractivity contribution in [2.45, 2.75) is 12.5 Å². The van der Waals surface area contributed by atoms with Crippen molar-refractivity contribution in [2.75, 3.05) is 0 Å². The van der Waals surface area contributed by atoms with Gasteiger partial charge in [-0.05, 0) is 41.0 Å². The van der Waals surface area contributed by atoms with Gasteiger partial charge in [-0.2, -0.15) is 0 Å². The maximum Gasteiger partial charge on any atom is 0.225 e. The second-order valence-corrected chi connectivity index (χ2v) is 5.50. The van der Waals surface area contributed by atoms with E-state index in [-0.39, 0.29) is 24.2 Å². The van der Waals surface area contributed by atoms with E-state index >= 15 is 0 Å². The van der Waals surface area contributed by atoms with Crippen LogP contribution in [0.2, 0.25) is 0 Å². The molecule has 1 amide bonds. The molecule has 3 rings (SSSR count). The zero-order chi connectivity index (χ0) is 16.8. The van der Waals surface area contributed by atoms with Gasteiger partial charge < -0.3 is 5.32 Å². The first-order valence-corrected chi connectivity index (χ1v) is 7.71. The van der Waals surface area contributed by atoms with Crippen LogP contribution in [0.1, 0.15) is 22.7 Å². The van der Waals surface area contributed by atoms with Crippen LogP contribution in [0.3, 0.4) is 0 Å². The first-order valence-electron chi connectivity index (χ1n) is 7.71. The van der Waals surface area contributed by atoms with Crippen LogP contribution in [0, 0.1) is 5.82 Å². The van der Waals surface area contributed by atoms with Crippen LogP contribution in [0.15, 0.2) is 79.1 Å². The van der Waals surface area contributed by atoms with Crippen molar-refractivity contribution in [3.05, 3.63) is 102 Å². The van der Waals surface area contributed by atoms with Crippen LogP contribution in [-0.4, -0.2) is 10.9 Å². The van der Waals surface area contributed by atoms with Gasteiger partial charge >= 0.3 is 0 Å². The third-order valence-corrected chi connectivity index (χ3v) is 3.76. The molecule has 1 N–H and O–H groups in total. The third kappa shape index (κ3) is 4.04. The minimum absolute atomic E-state index is 0.118. The van der Waals surface area contributed by atoms with Crippen LogP contribution >= 0.6 is 0 Å². The zero-order valence-corrected chi connectivity index (χ0v) is 13.0. The Morgan fingerprint density at radius 1 is 0.917 bits per heavy atom. The molecule has 0 spiro atoms. The van der Waals surface area contributed by atoms with Crippen molar-refractivity contribution in [3.63, 3.8) is 0 Å². The number of hydrogen-bond acceptors (Lipinski definition) is 2. The Hall–Kier alpha value is -3.01. The van der Waals surface area contributed by atoms with Gasteiger partial charge in [-0.25, -0.2) is 4.39 Å². The normalized spacial score (nSPS) is 11.7. The highest BCUT2D eigenvalue weighted by molar-refractivity contribution is 5.79. The number of amides is 1. The molecule has 0 saturated carbocycles. The number of rotatable bonds is 5. The van der Waals surface area contributed by atoms with Crippen molar-refractivity contribution >= 4 is 5.91 Å². The molecule has 1 aromatic heterocycles. The summed E-state index contributed by atoms with van der Waals surface area (Å²) in [6.07, 6.45) is 3.61. The number of halogens is 1. The summed E-state index contributed by atoms with van der Waals surface area (Å²) < 4.78 is 13.0. The number of carbonyl (C=O) groups excluding carboxylic acids is 1. The van der Waals surface area contributed by atoms with Gasteiger partial charge in [-0.1, -0.05) is 42.5 Å². The number of nitrogens with one attached hydrogen (secondary N) is 1. The van der Waals surface area contributed by atoms with Crippen molar-refractivity contribution in [1.82, 2.24) is 10.3 Å². The Kier molecular flexibility index (Phi) is 4.96. The molecule has 3 nitrogen and oxygen atoms in total. The molecule has 4 heteroatoms. The number of hydrogen-bond donors (Lipinski definition) is 1. The first-order chi connectivity index (χ1) is 11.7. The molecule has 24 heavy (non-hydrogen) atoms. The Bertz CT molecular complexity index is 749. The topological polar surface area (TPSA) is 42.0 Å². The van der Waals surface area contributed by atoms with Crippen LogP contribution < -0.4 is 5.32 Å². The lowest BCUT2D eigenvalue weighted by Crippen LogP contribution is -2.30. The Morgan fingerprint density at radius 2 is 1.54 bits per heavy atom. The summed E-state index contributed by atoms with van der Waals surface area (Å²) in [5.41, 5.74) is 2.73.